The number of rotatable bonds is 6. The summed E-state index contributed by atoms with van der Waals surface area (Å²) in [7, 11) is 1.86. The lowest BCUT2D eigenvalue weighted by Gasteiger charge is -2.25. The molecule has 1 atom stereocenters. The first-order valence-corrected chi connectivity index (χ1v) is 9.34. The summed E-state index contributed by atoms with van der Waals surface area (Å²) in [5, 5.41) is 11.8. The molecule has 0 bridgehead atoms. The molecule has 1 aliphatic heterocycles. The summed E-state index contributed by atoms with van der Waals surface area (Å²) in [6.45, 7) is 6.04. The van der Waals surface area contributed by atoms with Crippen LogP contribution in [0.5, 0.6) is 0 Å². The molecule has 7 heteroatoms. The maximum atomic E-state index is 12.7. The van der Waals surface area contributed by atoms with Crippen LogP contribution in [0, 0.1) is 6.92 Å². The van der Waals surface area contributed by atoms with Crippen LogP contribution in [0.3, 0.4) is 0 Å². The number of aromatic nitrogens is 3. The molecule has 1 aromatic rings. The van der Waals surface area contributed by atoms with Crippen molar-refractivity contribution < 1.29 is 4.79 Å². The van der Waals surface area contributed by atoms with E-state index in [1.165, 1.54) is 0 Å². The monoisotopic (exact) mass is 325 g/mol. The number of hydrogen-bond donors (Lipinski definition) is 1. The first kappa shape index (κ1) is 17.3. The maximum absolute atomic E-state index is 12.7. The van der Waals surface area contributed by atoms with Crippen molar-refractivity contribution in [3.8, 4) is 0 Å². The van der Waals surface area contributed by atoms with Gasteiger partial charge < -0.3 is 10.2 Å². The summed E-state index contributed by atoms with van der Waals surface area (Å²) in [5.74, 6) is 1.03. The molecule has 1 fully saturated rings. The lowest BCUT2D eigenvalue weighted by molar-refractivity contribution is 0.0734. The Labute approximate surface area is 137 Å². The maximum Gasteiger partial charge on any atom is 0.276 e. The molecule has 1 aromatic heterocycles. The second-order valence-corrected chi connectivity index (χ2v) is 6.98. The first-order chi connectivity index (χ1) is 10.6. The highest BCUT2D eigenvalue weighted by Crippen LogP contribution is 2.21. The minimum absolute atomic E-state index is 0.0220. The van der Waals surface area contributed by atoms with E-state index in [1.54, 1.807) is 16.7 Å². The van der Waals surface area contributed by atoms with Gasteiger partial charge in [-0.2, -0.15) is 11.8 Å². The molecule has 1 N–H and O–H groups in total. The van der Waals surface area contributed by atoms with E-state index in [-0.39, 0.29) is 11.9 Å². The van der Waals surface area contributed by atoms with Crippen LogP contribution in [0.2, 0.25) is 0 Å². The van der Waals surface area contributed by atoms with Crippen molar-refractivity contribution in [3.05, 3.63) is 11.4 Å². The Morgan fingerprint density at radius 3 is 2.82 bits per heavy atom. The van der Waals surface area contributed by atoms with E-state index in [0.29, 0.717) is 11.7 Å². The number of nitrogens with zero attached hydrogens (tertiary/aromatic N) is 4. The van der Waals surface area contributed by atoms with Crippen LogP contribution in [-0.2, 0) is 0 Å². The fraction of sp³-hybridized carbons (Fsp3) is 0.800. The van der Waals surface area contributed by atoms with Gasteiger partial charge in [-0.05, 0) is 58.2 Å². The van der Waals surface area contributed by atoms with Gasteiger partial charge in [0.15, 0.2) is 5.69 Å². The Kier molecular flexibility index (Phi) is 6.26. The van der Waals surface area contributed by atoms with Gasteiger partial charge in [-0.1, -0.05) is 5.21 Å². The number of thioether (sulfide) groups is 1. The van der Waals surface area contributed by atoms with Crippen LogP contribution in [-0.4, -0.2) is 64.0 Å². The molecule has 2 rings (SSSR count). The van der Waals surface area contributed by atoms with Gasteiger partial charge in [0.25, 0.3) is 5.91 Å². The molecule has 124 valence electrons. The molecule has 0 spiro atoms. The van der Waals surface area contributed by atoms with Gasteiger partial charge in [-0.25, -0.2) is 4.68 Å². The zero-order chi connectivity index (χ0) is 16.1. The predicted octanol–water partition coefficient (Wildman–Crippen LogP) is 1.72. The van der Waals surface area contributed by atoms with Gasteiger partial charge >= 0.3 is 0 Å². The molecule has 1 saturated heterocycles. The zero-order valence-electron chi connectivity index (χ0n) is 14.0. The summed E-state index contributed by atoms with van der Waals surface area (Å²) >= 11 is 1.80. The fourth-order valence-corrected chi connectivity index (χ4v) is 3.36. The highest BCUT2D eigenvalue weighted by molar-refractivity contribution is 7.98. The van der Waals surface area contributed by atoms with Crippen LogP contribution in [0.15, 0.2) is 0 Å². The standard InChI is InChI=1S/C15H27N5OS/c1-11(7-10-22-4)19(3)15(21)14-12(2)20(18-17-14)13-5-8-16-9-6-13/h11,13,16H,5-10H2,1-4H3. The average Bonchev–Trinajstić information content (AvgIpc) is 2.93. The average molecular weight is 325 g/mol. The smallest absolute Gasteiger partial charge is 0.276 e. The van der Waals surface area contributed by atoms with E-state index in [1.807, 2.05) is 18.7 Å². The third-order valence-corrected chi connectivity index (χ3v) is 5.15. The second kappa shape index (κ2) is 7.97. The lowest BCUT2D eigenvalue weighted by atomic mass is 10.1. The molecular formula is C15H27N5OS. The Bertz CT molecular complexity index is 498. The van der Waals surface area contributed by atoms with Crippen molar-refractivity contribution in [2.75, 3.05) is 32.1 Å². The topological polar surface area (TPSA) is 63.1 Å². The first-order valence-electron chi connectivity index (χ1n) is 7.94. The van der Waals surface area contributed by atoms with E-state index in [4.69, 9.17) is 0 Å². The highest BCUT2D eigenvalue weighted by atomic mass is 32.2. The van der Waals surface area contributed by atoms with Crippen molar-refractivity contribution >= 4 is 17.7 Å². The number of piperidine rings is 1. The third-order valence-electron chi connectivity index (χ3n) is 4.51. The molecule has 1 amide bonds. The minimum atomic E-state index is -0.0220. The number of amides is 1. The Morgan fingerprint density at radius 2 is 2.18 bits per heavy atom. The second-order valence-electron chi connectivity index (χ2n) is 6.00. The van der Waals surface area contributed by atoms with Crippen molar-refractivity contribution in [3.63, 3.8) is 0 Å². The fourth-order valence-electron chi connectivity index (χ4n) is 2.79. The van der Waals surface area contributed by atoms with Crippen LogP contribution in [0.25, 0.3) is 0 Å². The molecular weight excluding hydrogens is 298 g/mol. The normalized spacial score (nSPS) is 17.5. The lowest BCUT2D eigenvalue weighted by Crippen LogP contribution is -2.36. The molecule has 1 aliphatic rings. The van der Waals surface area contributed by atoms with Gasteiger partial charge in [-0.3, -0.25) is 4.79 Å². The van der Waals surface area contributed by atoms with E-state index < -0.39 is 0 Å². The molecule has 0 aromatic carbocycles. The molecule has 2 heterocycles. The predicted molar refractivity (Wildman–Crippen MR) is 90.5 cm³/mol. The highest BCUT2D eigenvalue weighted by Gasteiger charge is 2.26. The summed E-state index contributed by atoms with van der Waals surface area (Å²) in [6.07, 6.45) is 5.16. The SMILES string of the molecule is CSCCC(C)N(C)C(=O)c1nnn(C2CCNCC2)c1C. The van der Waals surface area contributed by atoms with E-state index in [9.17, 15) is 4.79 Å². The zero-order valence-corrected chi connectivity index (χ0v) is 14.8. The van der Waals surface area contributed by atoms with Crippen molar-refractivity contribution in [1.29, 1.82) is 0 Å². The molecule has 0 radical (unpaired) electrons. The van der Waals surface area contributed by atoms with Gasteiger partial charge in [0.1, 0.15) is 0 Å². The minimum Gasteiger partial charge on any atom is -0.338 e. The summed E-state index contributed by atoms with van der Waals surface area (Å²) in [5.41, 5.74) is 1.39. The number of carbonyl (C=O) groups excluding carboxylic acids is 1. The molecule has 0 aliphatic carbocycles. The van der Waals surface area contributed by atoms with Gasteiger partial charge in [0.2, 0.25) is 0 Å². The summed E-state index contributed by atoms with van der Waals surface area (Å²) in [6, 6.07) is 0.568. The third kappa shape index (κ3) is 3.81. The van der Waals surface area contributed by atoms with Gasteiger partial charge in [-0.15, -0.1) is 5.10 Å². The van der Waals surface area contributed by atoms with Crippen molar-refractivity contribution in [1.82, 2.24) is 25.2 Å². The van der Waals surface area contributed by atoms with Gasteiger partial charge in [0, 0.05) is 13.1 Å². The largest absolute Gasteiger partial charge is 0.338 e. The Hall–Kier alpha value is -1.08. The molecule has 6 nitrogen and oxygen atoms in total. The Morgan fingerprint density at radius 1 is 1.50 bits per heavy atom. The van der Waals surface area contributed by atoms with E-state index in [0.717, 1.165) is 43.8 Å². The van der Waals surface area contributed by atoms with E-state index >= 15 is 0 Å². The number of hydrogen-bond acceptors (Lipinski definition) is 5. The van der Waals surface area contributed by atoms with Crippen molar-refractivity contribution in [2.24, 2.45) is 0 Å². The van der Waals surface area contributed by atoms with Crippen LogP contribution in [0.1, 0.15) is 48.4 Å². The Balaban J connectivity index is 2.08. The number of nitrogens with one attached hydrogen (secondary N) is 1. The van der Waals surface area contributed by atoms with Crippen LogP contribution < -0.4 is 5.32 Å². The molecule has 1 unspecified atom stereocenters. The van der Waals surface area contributed by atoms with Crippen LogP contribution >= 0.6 is 11.8 Å². The molecule has 22 heavy (non-hydrogen) atoms. The molecule has 0 saturated carbocycles. The van der Waals surface area contributed by atoms with Crippen LogP contribution in [0.4, 0.5) is 0 Å². The number of carbonyl (C=O) groups is 1. The van der Waals surface area contributed by atoms with Crippen molar-refractivity contribution in [2.45, 2.75) is 45.2 Å². The summed E-state index contributed by atoms with van der Waals surface area (Å²) < 4.78 is 1.94. The summed E-state index contributed by atoms with van der Waals surface area (Å²) in [4.78, 5) is 14.4. The van der Waals surface area contributed by atoms with E-state index in [2.05, 4.69) is 28.8 Å². The quantitative estimate of drug-likeness (QED) is 0.863. The van der Waals surface area contributed by atoms with Gasteiger partial charge in [0.05, 0.1) is 11.7 Å².